The Labute approximate surface area is 120 Å². The Bertz CT molecular complexity index is 736. The van der Waals surface area contributed by atoms with E-state index >= 15 is 0 Å². The van der Waals surface area contributed by atoms with Crippen LogP contribution in [-0.2, 0) is 0 Å². The van der Waals surface area contributed by atoms with Gasteiger partial charge in [-0.2, -0.15) is 0 Å². The lowest BCUT2D eigenvalue weighted by Gasteiger charge is -2.14. The number of nitrogens with two attached hydrogens (primary N) is 1. The monoisotopic (exact) mass is 294 g/mol. The van der Waals surface area contributed by atoms with Crippen molar-refractivity contribution in [3.63, 3.8) is 0 Å². The standard InChI is InChI=1S/C13H15ClN4O2/c1-2-7-16-10-11(15)18(13(20)17-12(10)19)9-6-4-3-5-8(9)14/h3-6,16H,2,7,15H2,1H3,(H,17,19,20). The molecular formula is C13H15ClN4O2. The van der Waals surface area contributed by atoms with Crippen LogP contribution in [0.5, 0.6) is 0 Å². The molecule has 0 aliphatic rings. The third-order valence-corrected chi connectivity index (χ3v) is 3.11. The highest BCUT2D eigenvalue weighted by atomic mass is 35.5. The van der Waals surface area contributed by atoms with Gasteiger partial charge in [0, 0.05) is 6.54 Å². The molecule has 0 unspecified atom stereocenters. The largest absolute Gasteiger partial charge is 0.383 e. The van der Waals surface area contributed by atoms with E-state index in [0.29, 0.717) is 17.3 Å². The molecule has 20 heavy (non-hydrogen) atoms. The Morgan fingerprint density at radius 3 is 2.70 bits per heavy atom. The second kappa shape index (κ2) is 5.83. The zero-order chi connectivity index (χ0) is 14.7. The average Bonchev–Trinajstić information content (AvgIpc) is 2.40. The lowest BCUT2D eigenvalue weighted by Crippen LogP contribution is -2.33. The summed E-state index contributed by atoms with van der Waals surface area (Å²) in [4.78, 5) is 26.0. The maximum atomic E-state index is 12.0. The zero-order valence-corrected chi connectivity index (χ0v) is 11.7. The number of nitrogens with one attached hydrogen (secondary N) is 2. The fourth-order valence-corrected chi connectivity index (χ4v) is 2.07. The van der Waals surface area contributed by atoms with Crippen molar-refractivity contribution < 1.29 is 0 Å². The molecule has 2 aromatic rings. The summed E-state index contributed by atoms with van der Waals surface area (Å²) < 4.78 is 1.18. The first-order valence-electron chi connectivity index (χ1n) is 6.19. The SMILES string of the molecule is CCCNc1c(N)n(-c2ccccc2Cl)c(=O)[nH]c1=O. The number of halogens is 1. The summed E-state index contributed by atoms with van der Waals surface area (Å²) in [6, 6.07) is 6.78. The van der Waals surface area contributed by atoms with Crippen molar-refractivity contribution in [2.75, 3.05) is 17.6 Å². The highest BCUT2D eigenvalue weighted by Gasteiger charge is 2.14. The minimum atomic E-state index is -0.623. The molecule has 0 saturated carbocycles. The smallest absolute Gasteiger partial charge is 0.334 e. The number of hydrogen-bond acceptors (Lipinski definition) is 4. The summed E-state index contributed by atoms with van der Waals surface area (Å²) in [5, 5.41) is 3.29. The minimum Gasteiger partial charge on any atom is -0.383 e. The molecule has 0 radical (unpaired) electrons. The maximum Gasteiger partial charge on any atom is 0.334 e. The van der Waals surface area contributed by atoms with Crippen LogP contribution in [0, 0.1) is 0 Å². The van der Waals surface area contributed by atoms with Crippen LogP contribution >= 0.6 is 11.6 Å². The summed E-state index contributed by atoms with van der Waals surface area (Å²) in [7, 11) is 0. The number of rotatable bonds is 4. The van der Waals surface area contributed by atoms with Gasteiger partial charge >= 0.3 is 5.69 Å². The van der Waals surface area contributed by atoms with Crippen LogP contribution in [0.2, 0.25) is 5.02 Å². The lowest BCUT2D eigenvalue weighted by molar-refractivity contribution is 0.897. The van der Waals surface area contributed by atoms with Crippen molar-refractivity contribution in [3.05, 3.63) is 50.1 Å². The molecule has 0 saturated heterocycles. The van der Waals surface area contributed by atoms with Crippen LogP contribution < -0.4 is 22.3 Å². The van der Waals surface area contributed by atoms with Gasteiger partial charge in [0.15, 0.2) is 0 Å². The zero-order valence-electron chi connectivity index (χ0n) is 10.9. The molecule has 0 aliphatic heterocycles. The molecule has 4 N–H and O–H groups in total. The Balaban J connectivity index is 2.68. The van der Waals surface area contributed by atoms with Crippen molar-refractivity contribution in [1.82, 2.24) is 9.55 Å². The summed E-state index contributed by atoms with van der Waals surface area (Å²) in [5.74, 6) is 0.0419. The Morgan fingerprint density at radius 2 is 2.05 bits per heavy atom. The van der Waals surface area contributed by atoms with Gasteiger partial charge in [-0.15, -0.1) is 0 Å². The van der Waals surface area contributed by atoms with Crippen LogP contribution in [-0.4, -0.2) is 16.1 Å². The van der Waals surface area contributed by atoms with Gasteiger partial charge in [0.2, 0.25) is 0 Å². The fraction of sp³-hybridized carbons (Fsp3) is 0.231. The minimum absolute atomic E-state index is 0.0419. The Morgan fingerprint density at radius 1 is 1.35 bits per heavy atom. The van der Waals surface area contributed by atoms with Crippen molar-refractivity contribution in [2.24, 2.45) is 0 Å². The summed E-state index contributed by atoms with van der Waals surface area (Å²) >= 11 is 6.07. The first-order chi connectivity index (χ1) is 9.56. The van der Waals surface area contributed by atoms with Crippen LogP contribution in [0.15, 0.2) is 33.9 Å². The number of anilines is 2. The number of benzene rings is 1. The number of H-pyrrole nitrogens is 1. The van der Waals surface area contributed by atoms with E-state index in [0.717, 1.165) is 6.42 Å². The van der Waals surface area contributed by atoms with E-state index in [2.05, 4.69) is 10.3 Å². The van der Waals surface area contributed by atoms with Gasteiger partial charge in [-0.05, 0) is 18.6 Å². The lowest BCUT2D eigenvalue weighted by atomic mass is 10.3. The van der Waals surface area contributed by atoms with Gasteiger partial charge in [-0.3, -0.25) is 9.78 Å². The van der Waals surface area contributed by atoms with Gasteiger partial charge in [0.25, 0.3) is 5.56 Å². The number of hydrogen-bond donors (Lipinski definition) is 3. The number of aromatic nitrogens is 2. The molecule has 1 aromatic carbocycles. The molecule has 106 valence electrons. The van der Waals surface area contributed by atoms with Crippen molar-refractivity contribution in [1.29, 1.82) is 0 Å². The fourth-order valence-electron chi connectivity index (χ4n) is 1.85. The van der Waals surface area contributed by atoms with Crippen LogP contribution in [0.1, 0.15) is 13.3 Å². The van der Waals surface area contributed by atoms with E-state index in [1.165, 1.54) is 4.57 Å². The van der Waals surface area contributed by atoms with Gasteiger partial charge in [-0.25, -0.2) is 9.36 Å². The summed E-state index contributed by atoms with van der Waals surface area (Å²) in [6.07, 6.45) is 0.824. The van der Waals surface area contributed by atoms with Gasteiger partial charge < -0.3 is 11.1 Å². The Hall–Kier alpha value is -2.21. The number of nitrogen functional groups attached to an aromatic ring is 1. The normalized spacial score (nSPS) is 10.5. The molecule has 6 nitrogen and oxygen atoms in total. The van der Waals surface area contributed by atoms with Crippen LogP contribution in [0.4, 0.5) is 11.5 Å². The topological polar surface area (TPSA) is 92.9 Å². The molecule has 1 aromatic heterocycles. The van der Waals surface area contributed by atoms with Crippen molar-refractivity contribution in [3.8, 4) is 5.69 Å². The maximum absolute atomic E-state index is 12.0. The summed E-state index contributed by atoms with van der Waals surface area (Å²) in [5.41, 5.74) is 5.38. The molecular weight excluding hydrogens is 280 g/mol. The second-order valence-corrected chi connectivity index (χ2v) is 4.64. The first kappa shape index (κ1) is 14.2. The second-order valence-electron chi connectivity index (χ2n) is 4.23. The first-order valence-corrected chi connectivity index (χ1v) is 6.57. The van der Waals surface area contributed by atoms with Gasteiger partial charge in [0.1, 0.15) is 11.5 Å². The van der Waals surface area contributed by atoms with Gasteiger partial charge in [0.05, 0.1) is 10.7 Å². The van der Waals surface area contributed by atoms with E-state index in [-0.39, 0.29) is 11.5 Å². The van der Waals surface area contributed by atoms with Crippen LogP contribution in [0.25, 0.3) is 5.69 Å². The quantitative estimate of drug-likeness (QED) is 0.798. The van der Waals surface area contributed by atoms with E-state index in [1.54, 1.807) is 24.3 Å². The predicted molar refractivity (Wildman–Crippen MR) is 80.9 cm³/mol. The van der Waals surface area contributed by atoms with Crippen molar-refractivity contribution >= 4 is 23.1 Å². The van der Waals surface area contributed by atoms with E-state index in [1.807, 2.05) is 6.92 Å². The van der Waals surface area contributed by atoms with Gasteiger partial charge in [-0.1, -0.05) is 30.7 Å². The molecule has 7 heteroatoms. The molecule has 0 spiro atoms. The number of aromatic amines is 1. The number of nitrogens with zero attached hydrogens (tertiary/aromatic N) is 1. The third kappa shape index (κ3) is 2.55. The van der Waals surface area contributed by atoms with E-state index in [9.17, 15) is 9.59 Å². The molecule has 0 bridgehead atoms. The Kier molecular flexibility index (Phi) is 4.14. The predicted octanol–water partition coefficient (Wildman–Crippen LogP) is 1.58. The molecule has 1 heterocycles. The molecule has 0 amide bonds. The molecule has 0 aliphatic carbocycles. The third-order valence-electron chi connectivity index (χ3n) is 2.79. The summed E-state index contributed by atoms with van der Waals surface area (Å²) in [6.45, 7) is 2.54. The molecule has 0 fully saturated rings. The van der Waals surface area contributed by atoms with Crippen LogP contribution in [0.3, 0.4) is 0 Å². The van der Waals surface area contributed by atoms with E-state index in [4.69, 9.17) is 17.3 Å². The number of para-hydroxylation sites is 1. The average molecular weight is 295 g/mol. The van der Waals surface area contributed by atoms with Crippen molar-refractivity contribution in [2.45, 2.75) is 13.3 Å². The van der Waals surface area contributed by atoms with E-state index < -0.39 is 11.2 Å². The highest BCUT2D eigenvalue weighted by molar-refractivity contribution is 6.32. The molecule has 2 rings (SSSR count). The highest BCUT2D eigenvalue weighted by Crippen LogP contribution is 2.22. The molecule has 0 atom stereocenters.